The molecule has 1 saturated heterocycles. The van der Waals surface area contributed by atoms with Crippen LogP contribution in [0.3, 0.4) is 0 Å². The van der Waals surface area contributed by atoms with Crippen molar-refractivity contribution in [2.75, 3.05) is 31.1 Å². The largest absolute Gasteiger partial charge is 0.345 e. The Bertz CT molecular complexity index is 642. The molecule has 0 unspecified atom stereocenters. The topological polar surface area (TPSA) is 36.4 Å². The van der Waals surface area contributed by atoms with Crippen LogP contribution in [0.1, 0.15) is 10.4 Å². The van der Waals surface area contributed by atoms with Crippen LogP contribution in [0.4, 0.5) is 9.52 Å². The van der Waals surface area contributed by atoms with Crippen LogP contribution in [0.15, 0.2) is 34.2 Å². The molecule has 2 aromatic rings. The van der Waals surface area contributed by atoms with Crippen LogP contribution in [-0.4, -0.2) is 42.0 Å². The van der Waals surface area contributed by atoms with Crippen LogP contribution >= 0.6 is 27.3 Å². The number of piperazine rings is 1. The van der Waals surface area contributed by atoms with Gasteiger partial charge in [0.1, 0.15) is 5.82 Å². The molecule has 1 aromatic heterocycles. The molecule has 0 saturated carbocycles. The summed E-state index contributed by atoms with van der Waals surface area (Å²) in [6, 6.07) is 4.79. The standard InChI is InChI=1S/C14H13BrFN3OS/c15-11-3-1-2-10(12(11)16)13(20)18-5-7-19(8-6-18)14-17-4-9-21-14/h1-4,9H,5-8H2. The lowest BCUT2D eigenvalue weighted by molar-refractivity contribution is 0.0742. The highest BCUT2D eigenvalue weighted by molar-refractivity contribution is 9.10. The second-order valence-electron chi connectivity index (χ2n) is 4.70. The fraction of sp³-hybridized carbons (Fsp3) is 0.286. The molecule has 0 aliphatic carbocycles. The zero-order chi connectivity index (χ0) is 14.8. The number of rotatable bonds is 2. The van der Waals surface area contributed by atoms with E-state index in [4.69, 9.17) is 0 Å². The third-order valence-corrected chi connectivity index (χ3v) is 4.88. The van der Waals surface area contributed by atoms with E-state index in [9.17, 15) is 9.18 Å². The molecule has 1 aromatic carbocycles. The Morgan fingerprint density at radius 3 is 2.71 bits per heavy atom. The van der Waals surface area contributed by atoms with Crippen LogP contribution in [0, 0.1) is 5.82 Å². The molecule has 21 heavy (non-hydrogen) atoms. The van der Waals surface area contributed by atoms with E-state index in [0.29, 0.717) is 17.6 Å². The molecule has 3 rings (SSSR count). The van der Waals surface area contributed by atoms with Gasteiger partial charge in [0.05, 0.1) is 10.0 Å². The van der Waals surface area contributed by atoms with E-state index in [1.165, 1.54) is 6.07 Å². The third kappa shape index (κ3) is 2.94. The number of anilines is 1. The van der Waals surface area contributed by atoms with E-state index in [2.05, 4.69) is 25.8 Å². The lowest BCUT2D eigenvalue weighted by atomic mass is 10.1. The predicted octanol–water partition coefficient (Wildman–Crippen LogP) is 3.01. The number of carbonyl (C=O) groups is 1. The average Bonchev–Trinajstić information content (AvgIpc) is 3.04. The van der Waals surface area contributed by atoms with Gasteiger partial charge >= 0.3 is 0 Å². The molecule has 4 nitrogen and oxygen atoms in total. The van der Waals surface area contributed by atoms with Gasteiger partial charge in [0.2, 0.25) is 0 Å². The van der Waals surface area contributed by atoms with Crippen molar-refractivity contribution in [1.82, 2.24) is 9.88 Å². The second-order valence-corrected chi connectivity index (χ2v) is 6.42. The highest BCUT2D eigenvalue weighted by atomic mass is 79.9. The van der Waals surface area contributed by atoms with Crippen molar-refractivity contribution in [3.8, 4) is 0 Å². The van der Waals surface area contributed by atoms with Crippen LogP contribution in [-0.2, 0) is 0 Å². The smallest absolute Gasteiger partial charge is 0.256 e. The zero-order valence-corrected chi connectivity index (χ0v) is 13.5. The second kappa shape index (κ2) is 6.11. The number of hydrogen-bond donors (Lipinski definition) is 0. The van der Waals surface area contributed by atoms with Crippen molar-refractivity contribution < 1.29 is 9.18 Å². The molecule has 1 fully saturated rings. The maximum atomic E-state index is 14.0. The predicted molar refractivity (Wildman–Crippen MR) is 84.3 cm³/mol. The Morgan fingerprint density at radius 1 is 1.29 bits per heavy atom. The van der Waals surface area contributed by atoms with Crippen LogP contribution in [0.25, 0.3) is 0 Å². The minimum Gasteiger partial charge on any atom is -0.345 e. The first-order valence-electron chi connectivity index (χ1n) is 6.54. The SMILES string of the molecule is O=C(c1cccc(Br)c1F)N1CCN(c2nccs2)CC1. The van der Waals surface area contributed by atoms with E-state index < -0.39 is 5.82 Å². The van der Waals surface area contributed by atoms with Crippen molar-refractivity contribution in [3.05, 3.63) is 45.6 Å². The number of carbonyl (C=O) groups excluding carboxylic acids is 1. The fourth-order valence-corrected chi connectivity index (χ4v) is 3.38. The summed E-state index contributed by atoms with van der Waals surface area (Å²) < 4.78 is 14.3. The lowest BCUT2D eigenvalue weighted by Gasteiger charge is -2.34. The molecule has 0 spiro atoms. The molecule has 0 bridgehead atoms. The van der Waals surface area contributed by atoms with Crippen molar-refractivity contribution in [2.45, 2.75) is 0 Å². The first-order chi connectivity index (χ1) is 10.2. The van der Waals surface area contributed by atoms with E-state index in [-0.39, 0.29) is 11.5 Å². The van der Waals surface area contributed by atoms with Gasteiger partial charge < -0.3 is 9.80 Å². The zero-order valence-electron chi connectivity index (χ0n) is 11.1. The summed E-state index contributed by atoms with van der Waals surface area (Å²) in [4.78, 5) is 20.5. The van der Waals surface area contributed by atoms with E-state index in [0.717, 1.165) is 18.2 Å². The number of nitrogens with zero attached hydrogens (tertiary/aromatic N) is 3. The fourth-order valence-electron chi connectivity index (χ4n) is 2.31. The summed E-state index contributed by atoms with van der Waals surface area (Å²) in [5.74, 6) is -0.752. The first-order valence-corrected chi connectivity index (χ1v) is 8.22. The monoisotopic (exact) mass is 369 g/mol. The van der Waals surface area contributed by atoms with Gasteiger partial charge in [-0.3, -0.25) is 4.79 Å². The normalized spacial score (nSPS) is 15.3. The molecule has 1 aliphatic heterocycles. The molecule has 0 radical (unpaired) electrons. The summed E-state index contributed by atoms with van der Waals surface area (Å²) in [5.41, 5.74) is 0.118. The number of halogens is 2. The van der Waals surface area contributed by atoms with Gasteiger partial charge in [-0.25, -0.2) is 9.37 Å². The van der Waals surface area contributed by atoms with Crippen molar-refractivity contribution >= 4 is 38.3 Å². The highest BCUT2D eigenvalue weighted by Gasteiger charge is 2.25. The van der Waals surface area contributed by atoms with E-state index in [1.54, 1.807) is 34.6 Å². The maximum absolute atomic E-state index is 14.0. The molecular formula is C14H13BrFN3OS. The van der Waals surface area contributed by atoms with Gasteiger partial charge in [-0.2, -0.15) is 0 Å². The van der Waals surface area contributed by atoms with Crippen molar-refractivity contribution in [1.29, 1.82) is 0 Å². The Labute approximate surface area is 134 Å². The molecule has 1 aliphatic rings. The van der Waals surface area contributed by atoms with Gasteiger partial charge in [-0.05, 0) is 28.1 Å². The molecule has 7 heteroatoms. The summed E-state index contributed by atoms with van der Waals surface area (Å²) >= 11 is 4.70. The molecule has 110 valence electrons. The van der Waals surface area contributed by atoms with Gasteiger partial charge in [-0.1, -0.05) is 6.07 Å². The van der Waals surface area contributed by atoms with Crippen molar-refractivity contribution in [3.63, 3.8) is 0 Å². The molecular weight excluding hydrogens is 357 g/mol. The number of hydrogen-bond acceptors (Lipinski definition) is 4. The lowest BCUT2D eigenvalue weighted by Crippen LogP contribution is -2.49. The van der Waals surface area contributed by atoms with Gasteiger partial charge in [-0.15, -0.1) is 11.3 Å². The van der Waals surface area contributed by atoms with Crippen LogP contribution in [0.5, 0.6) is 0 Å². The maximum Gasteiger partial charge on any atom is 0.256 e. The first kappa shape index (κ1) is 14.5. The number of amides is 1. The van der Waals surface area contributed by atoms with Gasteiger partial charge in [0.15, 0.2) is 5.13 Å². The minimum atomic E-state index is -0.496. The Morgan fingerprint density at radius 2 is 2.05 bits per heavy atom. The summed E-state index contributed by atoms with van der Waals surface area (Å²) in [7, 11) is 0. The summed E-state index contributed by atoms with van der Waals surface area (Å²) in [6.07, 6.45) is 1.77. The Hall–Kier alpha value is -1.47. The third-order valence-electron chi connectivity index (χ3n) is 3.44. The molecule has 2 heterocycles. The Kier molecular flexibility index (Phi) is 4.21. The number of aromatic nitrogens is 1. The molecule has 0 N–H and O–H groups in total. The van der Waals surface area contributed by atoms with Crippen LogP contribution in [0.2, 0.25) is 0 Å². The molecule has 0 atom stereocenters. The van der Waals surface area contributed by atoms with Gasteiger partial charge in [0.25, 0.3) is 5.91 Å². The number of thiazole rings is 1. The average molecular weight is 370 g/mol. The van der Waals surface area contributed by atoms with Crippen LogP contribution < -0.4 is 4.90 Å². The quantitative estimate of drug-likeness (QED) is 0.816. The molecule has 1 amide bonds. The summed E-state index contributed by atoms with van der Waals surface area (Å²) in [5, 5.41) is 2.90. The summed E-state index contributed by atoms with van der Waals surface area (Å²) in [6.45, 7) is 2.58. The highest BCUT2D eigenvalue weighted by Crippen LogP contribution is 2.22. The van der Waals surface area contributed by atoms with E-state index >= 15 is 0 Å². The van der Waals surface area contributed by atoms with Crippen molar-refractivity contribution in [2.24, 2.45) is 0 Å². The number of benzene rings is 1. The Balaban J connectivity index is 1.69. The van der Waals surface area contributed by atoms with Gasteiger partial charge in [0, 0.05) is 37.8 Å². The van der Waals surface area contributed by atoms with E-state index in [1.807, 2.05) is 5.38 Å². The minimum absolute atomic E-state index is 0.118.